The molecule has 0 heterocycles. The van der Waals surface area contributed by atoms with E-state index in [0.717, 1.165) is 0 Å². The van der Waals surface area contributed by atoms with Crippen LogP contribution < -0.4 is 0 Å². The van der Waals surface area contributed by atoms with Gasteiger partial charge in [-0.1, -0.05) is 19.1 Å². The van der Waals surface area contributed by atoms with Crippen LogP contribution in [0.25, 0.3) is 0 Å². The van der Waals surface area contributed by atoms with Crippen molar-refractivity contribution in [3.63, 3.8) is 0 Å². The maximum Gasteiger partial charge on any atom is 0.330 e. The van der Waals surface area contributed by atoms with E-state index < -0.39 is 17.0 Å². The Hall–Kier alpha value is -1.63. The van der Waals surface area contributed by atoms with E-state index >= 15 is 0 Å². The van der Waals surface area contributed by atoms with E-state index in [1.54, 1.807) is 32.9 Å². The lowest BCUT2D eigenvalue weighted by atomic mass is 9.84. The molecule has 0 saturated heterocycles. The second-order valence-corrected chi connectivity index (χ2v) is 5.10. The Balaban J connectivity index is 5.17. The predicted octanol–water partition coefficient (Wildman–Crippen LogP) is 2.78. The minimum Gasteiger partial charge on any atom is -0.459 e. The second-order valence-electron chi connectivity index (χ2n) is 5.10. The molecule has 0 spiro atoms. The Morgan fingerprint density at radius 2 is 2.00 bits per heavy atom. The lowest BCUT2D eigenvalue weighted by Gasteiger charge is -2.26. The average Bonchev–Trinajstić information content (AvgIpc) is 2.27. The van der Waals surface area contributed by atoms with E-state index in [1.165, 1.54) is 0 Å². The van der Waals surface area contributed by atoms with Crippen molar-refractivity contribution in [2.45, 2.75) is 52.6 Å². The number of esters is 1. The summed E-state index contributed by atoms with van der Waals surface area (Å²) in [4.78, 5) is 22.6. The molecular weight excluding hydrogens is 230 g/mol. The van der Waals surface area contributed by atoms with E-state index in [4.69, 9.17) is 4.74 Å². The maximum atomic E-state index is 12.1. The third-order valence-electron chi connectivity index (χ3n) is 2.26. The predicted molar refractivity (Wildman–Crippen MR) is 68.6 cm³/mol. The monoisotopic (exact) mass is 251 g/mol. The summed E-state index contributed by atoms with van der Waals surface area (Å²) in [6.07, 6.45) is 5.02. The summed E-state index contributed by atoms with van der Waals surface area (Å²) in [5.41, 5.74) is -2.01. The molecule has 0 amide bonds. The molecule has 0 aliphatic heterocycles. The van der Waals surface area contributed by atoms with Crippen LogP contribution in [0.5, 0.6) is 0 Å². The van der Waals surface area contributed by atoms with Crippen LogP contribution >= 0.6 is 0 Å². The SMILES string of the molecule is CC/C=C/C(C#N)(CCC=O)C(=O)OC(C)(C)C. The number of aldehydes is 1. The van der Waals surface area contributed by atoms with Crippen LogP contribution in [-0.2, 0) is 14.3 Å². The summed E-state index contributed by atoms with van der Waals surface area (Å²) in [6, 6.07) is 1.99. The molecule has 1 atom stereocenters. The number of hydrogen-bond donors (Lipinski definition) is 0. The highest BCUT2D eigenvalue weighted by Crippen LogP contribution is 2.29. The van der Waals surface area contributed by atoms with Crippen molar-refractivity contribution in [2.75, 3.05) is 0 Å². The number of nitriles is 1. The Morgan fingerprint density at radius 1 is 1.39 bits per heavy atom. The van der Waals surface area contributed by atoms with Gasteiger partial charge < -0.3 is 9.53 Å². The third-order valence-corrected chi connectivity index (χ3v) is 2.26. The summed E-state index contributed by atoms with van der Waals surface area (Å²) < 4.78 is 5.26. The Kier molecular flexibility index (Phi) is 6.32. The second kappa shape index (κ2) is 6.95. The van der Waals surface area contributed by atoms with Gasteiger partial charge in [-0.15, -0.1) is 0 Å². The maximum absolute atomic E-state index is 12.1. The smallest absolute Gasteiger partial charge is 0.330 e. The molecule has 18 heavy (non-hydrogen) atoms. The zero-order chi connectivity index (χ0) is 14.2. The van der Waals surface area contributed by atoms with Crippen LogP contribution in [0.2, 0.25) is 0 Å². The standard InChI is InChI=1S/C14H21NO3/c1-5-6-8-14(11-15,9-7-10-16)12(17)18-13(2,3)4/h6,8,10H,5,7,9H2,1-4H3/b8-6+. The van der Waals surface area contributed by atoms with Crippen molar-refractivity contribution in [2.24, 2.45) is 5.41 Å². The first-order chi connectivity index (χ1) is 8.31. The van der Waals surface area contributed by atoms with Crippen LogP contribution in [-0.4, -0.2) is 17.9 Å². The van der Waals surface area contributed by atoms with Gasteiger partial charge in [0.15, 0.2) is 5.41 Å². The van der Waals surface area contributed by atoms with Crippen LogP contribution in [0.1, 0.15) is 47.0 Å². The van der Waals surface area contributed by atoms with Gasteiger partial charge in [-0.2, -0.15) is 5.26 Å². The summed E-state index contributed by atoms with van der Waals surface area (Å²) in [7, 11) is 0. The number of ether oxygens (including phenoxy) is 1. The van der Waals surface area contributed by atoms with Crippen molar-refractivity contribution in [3.8, 4) is 6.07 Å². The first-order valence-electron chi connectivity index (χ1n) is 6.07. The highest BCUT2D eigenvalue weighted by atomic mass is 16.6. The molecule has 0 saturated carbocycles. The van der Waals surface area contributed by atoms with Gasteiger partial charge in [-0.25, -0.2) is 4.79 Å². The van der Waals surface area contributed by atoms with Crippen LogP contribution in [0.3, 0.4) is 0 Å². The van der Waals surface area contributed by atoms with Crippen molar-refractivity contribution in [1.29, 1.82) is 5.26 Å². The van der Waals surface area contributed by atoms with E-state index in [0.29, 0.717) is 12.7 Å². The van der Waals surface area contributed by atoms with Crippen molar-refractivity contribution in [3.05, 3.63) is 12.2 Å². The molecule has 100 valence electrons. The topological polar surface area (TPSA) is 67.2 Å². The molecule has 1 unspecified atom stereocenters. The van der Waals surface area contributed by atoms with Gasteiger partial charge >= 0.3 is 5.97 Å². The molecule has 0 bridgehead atoms. The molecule has 0 aromatic carbocycles. The molecule has 4 nitrogen and oxygen atoms in total. The van der Waals surface area contributed by atoms with Gasteiger partial charge in [-0.05, 0) is 33.6 Å². The Bertz CT molecular complexity index is 360. The largest absolute Gasteiger partial charge is 0.459 e. The van der Waals surface area contributed by atoms with Crippen LogP contribution in [0, 0.1) is 16.7 Å². The first-order valence-corrected chi connectivity index (χ1v) is 6.07. The van der Waals surface area contributed by atoms with Gasteiger partial charge in [-0.3, -0.25) is 0 Å². The van der Waals surface area contributed by atoms with E-state index in [-0.39, 0.29) is 12.8 Å². The van der Waals surface area contributed by atoms with Gasteiger partial charge in [0.1, 0.15) is 11.9 Å². The summed E-state index contributed by atoms with van der Waals surface area (Å²) >= 11 is 0. The quantitative estimate of drug-likeness (QED) is 0.413. The number of hydrogen-bond acceptors (Lipinski definition) is 4. The molecule has 0 fully saturated rings. The Labute approximate surface area is 109 Å². The number of carbonyl (C=O) groups is 2. The number of rotatable bonds is 6. The highest BCUT2D eigenvalue weighted by molar-refractivity contribution is 5.83. The van der Waals surface area contributed by atoms with Crippen LogP contribution in [0.15, 0.2) is 12.2 Å². The summed E-state index contributed by atoms with van der Waals surface area (Å²) in [5.74, 6) is -0.593. The molecule has 0 aromatic heterocycles. The van der Waals surface area contributed by atoms with E-state index in [9.17, 15) is 14.9 Å². The average molecular weight is 251 g/mol. The molecule has 0 aromatic rings. The summed E-state index contributed by atoms with van der Waals surface area (Å²) in [5, 5.41) is 9.28. The van der Waals surface area contributed by atoms with Gasteiger partial charge in [0.05, 0.1) is 6.07 Å². The highest BCUT2D eigenvalue weighted by Gasteiger charge is 2.39. The fraction of sp³-hybridized carbons (Fsp3) is 0.643. The lowest BCUT2D eigenvalue weighted by Crippen LogP contribution is -2.35. The fourth-order valence-electron chi connectivity index (χ4n) is 1.37. The molecular formula is C14H21NO3. The van der Waals surface area contributed by atoms with Gasteiger partial charge in [0.2, 0.25) is 0 Å². The van der Waals surface area contributed by atoms with Crippen molar-refractivity contribution in [1.82, 2.24) is 0 Å². The fourth-order valence-corrected chi connectivity index (χ4v) is 1.37. The van der Waals surface area contributed by atoms with Crippen LogP contribution in [0.4, 0.5) is 0 Å². The molecule has 4 heteroatoms. The summed E-state index contributed by atoms with van der Waals surface area (Å²) in [6.45, 7) is 7.15. The molecule has 0 aliphatic carbocycles. The third kappa shape index (κ3) is 5.13. The zero-order valence-electron chi connectivity index (χ0n) is 11.5. The first kappa shape index (κ1) is 16.4. The van der Waals surface area contributed by atoms with Crippen molar-refractivity contribution >= 4 is 12.3 Å². The number of allylic oxidation sites excluding steroid dienone is 1. The Morgan fingerprint density at radius 3 is 2.39 bits per heavy atom. The molecule has 0 rings (SSSR count). The molecule has 0 radical (unpaired) electrons. The normalized spacial score (nSPS) is 14.8. The zero-order valence-corrected chi connectivity index (χ0v) is 11.5. The van der Waals surface area contributed by atoms with E-state index in [2.05, 4.69) is 0 Å². The number of nitrogens with zero attached hydrogens (tertiary/aromatic N) is 1. The molecule has 0 aliphatic rings. The molecule has 0 N–H and O–H groups in total. The lowest BCUT2D eigenvalue weighted by molar-refractivity contribution is -0.162. The minimum absolute atomic E-state index is 0.151. The van der Waals surface area contributed by atoms with Crippen molar-refractivity contribution < 1.29 is 14.3 Å². The van der Waals surface area contributed by atoms with Gasteiger partial charge in [0, 0.05) is 6.42 Å². The minimum atomic E-state index is -1.36. The van der Waals surface area contributed by atoms with Gasteiger partial charge in [0.25, 0.3) is 0 Å². The van der Waals surface area contributed by atoms with E-state index in [1.807, 2.05) is 13.0 Å². The number of carbonyl (C=O) groups excluding carboxylic acids is 2.